The van der Waals surface area contributed by atoms with Crippen molar-refractivity contribution in [3.63, 3.8) is 0 Å². The molecule has 0 fully saturated rings. The fraction of sp³-hybridized carbons (Fsp3) is 0.421. The number of alkyl carbamates (subject to hydrolysis) is 1. The minimum Gasteiger partial charge on any atom is -0.444 e. The van der Waals surface area contributed by atoms with Crippen LogP contribution in [0.1, 0.15) is 39.7 Å². The highest BCUT2D eigenvalue weighted by atomic mass is 16.6. The summed E-state index contributed by atoms with van der Waals surface area (Å²) in [4.78, 5) is 35.7. The molecular formula is C19H23NO6. The van der Waals surface area contributed by atoms with E-state index in [1.54, 1.807) is 46.8 Å². The minimum absolute atomic E-state index is 0.223. The highest BCUT2D eigenvalue weighted by Crippen LogP contribution is 2.22. The zero-order chi connectivity index (χ0) is 19.5. The van der Waals surface area contributed by atoms with E-state index in [0.29, 0.717) is 12.0 Å². The van der Waals surface area contributed by atoms with E-state index in [-0.39, 0.29) is 5.75 Å². The second-order valence-corrected chi connectivity index (χ2v) is 6.93. The lowest BCUT2D eigenvalue weighted by atomic mass is 10.1. The Balaban J connectivity index is 2.13. The maximum atomic E-state index is 12.3. The van der Waals surface area contributed by atoms with Crippen molar-refractivity contribution >= 4 is 23.0 Å². The average molecular weight is 361 g/mol. The molecule has 0 radical (unpaired) electrons. The Morgan fingerprint density at radius 3 is 2.54 bits per heavy atom. The number of esters is 1. The van der Waals surface area contributed by atoms with Crippen molar-refractivity contribution in [1.82, 2.24) is 5.32 Å². The monoisotopic (exact) mass is 361 g/mol. The summed E-state index contributed by atoms with van der Waals surface area (Å²) in [5, 5.41) is 3.24. The number of carbonyl (C=O) groups excluding carboxylic acids is 2. The van der Waals surface area contributed by atoms with Gasteiger partial charge in [-0.05, 0) is 51.8 Å². The van der Waals surface area contributed by atoms with Crippen molar-refractivity contribution < 1.29 is 23.5 Å². The first-order valence-corrected chi connectivity index (χ1v) is 8.35. The molecular weight excluding hydrogens is 338 g/mol. The van der Waals surface area contributed by atoms with Crippen molar-refractivity contribution in [1.29, 1.82) is 0 Å². The predicted octanol–water partition coefficient (Wildman–Crippen LogP) is 3.31. The summed E-state index contributed by atoms with van der Waals surface area (Å²) in [5.74, 6) is -0.409. The molecule has 1 aromatic heterocycles. The Kier molecular flexibility index (Phi) is 5.69. The van der Waals surface area contributed by atoms with Crippen molar-refractivity contribution in [2.45, 2.75) is 52.7 Å². The highest BCUT2D eigenvalue weighted by molar-refractivity contribution is 5.85. The molecule has 1 aromatic carbocycles. The highest BCUT2D eigenvalue weighted by Gasteiger charge is 2.24. The molecule has 2 rings (SSSR count). The van der Waals surface area contributed by atoms with Crippen LogP contribution in [0.5, 0.6) is 5.75 Å². The van der Waals surface area contributed by atoms with Gasteiger partial charge in [-0.1, -0.05) is 6.92 Å². The van der Waals surface area contributed by atoms with Gasteiger partial charge in [0.05, 0.1) is 0 Å². The molecule has 1 amide bonds. The van der Waals surface area contributed by atoms with Gasteiger partial charge < -0.3 is 19.2 Å². The van der Waals surface area contributed by atoms with Gasteiger partial charge >= 0.3 is 17.7 Å². The fourth-order valence-electron chi connectivity index (χ4n) is 2.33. The van der Waals surface area contributed by atoms with Gasteiger partial charge in [-0.3, -0.25) is 0 Å². The number of benzene rings is 1. The van der Waals surface area contributed by atoms with E-state index in [4.69, 9.17) is 13.9 Å². The number of nitrogens with one attached hydrogen (secondary N) is 1. The first-order chi connectivity index (χ1) is 12.1. The third kappa shape index (κ3) is 5.08. The van der Waals surface area contributed by atoms with Crippen LogP contribution in [0, 0.1) is 6.92 Å². The number of hydrogen-bond donors (Lipinski definition) is 1. The summed E-state index contributed by atoms with van der Waals surface area (Å²) in [6.45, 7) is 8.74. The number of hydrogen-bond acceptors (Lipinski definition) is 6. The molecule has 0 unspecified atom stereocenters. The van der Waals surface area contributed by atoms with Crippen LogP contribution in [0.2, 0.25) is 0 Å². The Morgan fingerprint density at radius 2 is 1.92 bits per heavy atom. The first kappa shape index (κ1) is 19.5. The van der Waals surface area contributed by atoms with Crippen molar-refractivity contribution in [3.05, 3.63) is 40.2 Å². The van der Waals surface area contributed by atoms with Crippen molar-refractivity contribution in [2.75, 3.05) is 0 Å². The summed E-state index contributed by atoms with van der Waals surface area (Å²) in [6.07, 6.45) is -0.360. The number of fused-ring (bicyclic) bond motifs is 1. The van der Waals surface area contributed by atoms with Crippen LogP contribution in [0.15, 0.2) is 33.5 Å². The molecule has 26 heavy (non-hydrogen) atoms. The Bertz CT molecular complexity index is 878. The summed E-state index contributed by atoms with van der Waals surface area (Å²) in [5.41, 5.74) is -0.0443. The average Bonchev–Trinajstić information content (AvgIpc) is 2.50. The number of amides is 1. The third-order valence-electron chi connectivity index (χ3n) is 3.52. The molecule has 2 aromatic rings. The number of rotatable bonds is 4. The van der Waals surface area contributed by atoms with E-state index in [2.05, 4.69) is 5.32 Å². The standard InChI is InChI=1S/C19H23NO6/c1-6-14(20-18(23)26-19(3,4)5)17(22)24-12-7-8-13-11(2)9-16(21)25-15(13)10-12/h7-10,14H,6H2,1-5H3,(H,20,23)/t14-/m1/s1. The van der Waals surface area contributed by atoms with E-state index in [1.807, 2.05) is 0 Å². The van der Waals surface area contributed by atoms with Gasteiger partial charge in [-0.15, -0.1) is 0 Å². The lowest BCUT2D eigenvalue weighted by Gasteiger charge is -2.22. The molecule has 0 saturated carbocycles. The van der Waals surface area contributed by atoms with E-state index in [0.717, 1.165) is 10.9 Å². The van der Waals surface area contributed by atoms with Crippen LogP contribution in [0.3, 0.4) is 0 Å². The topological polar surface area (TPSA) is 94.8 Å². The second-order valence-electron chi connectivity index (χ2n) is 6.93. The van der Waals surface area contributed by atoms with Gasteiger partial charge in [0.2, 0.25) is 0 Å². The summed E-state index contributed by atoms with van der Waals surface area (Å²) >= 11 is 0. The molecule has 0 saturated heterocycles. The Hall–Kier alpha value is -2.83. The fourth-order valence-corrected chi connectivity index (χ4v) is 2.33. The van der Waals surface area contributed by atoms with E-state index < -0.39 is 29.3 Å². The third-order valence-corrected chi connectivity index (χ3v) is 3.52. The molecule has 7 nitrogen and oxygen atoms in total. The van der Waals surface area contributed by atoms with Crippen LogP contribution < -0.4 is 15.7 Å². The maximum Gasteiger partial charge on any atom is 0.408 e. The van der Waals surface area contributed by atoms with E-state index in [1.165, 1.54) is 12.1 Å². The lowest BCUT2D eigenvalue weighted by molar-refractivity contribution is -0.136. The van der Waals surface area contributed by atoms with Crippen molar-refractivity contribution in [2.24, 2.45) is 0 Å². The summed E-state index contributed by atoms with van der Waals surface area (Å²) in [6, 6.07) is 5.32. The van der Waals surface area contributed by atoms with E-state index >= 15 is 0 Å². The van der Waals surface area contributed by atoms with Crippen LogP contribution in [-0.2, 0) is 9.53 Å². The maximum absolute atomic E-state index is 12.3. The van der Waals surface area contributed by atoms with Gasteiger partial charge in [0.1, 0.15) is 23.0 Å². The van der Waals surface area contributed by atoms with Gasteiger partial charge in [0.15, 0.2) is 0 Å². The Morgan fingerprint density at radius 1 is 1.23 bits per heavy atom. The zero-order valence-corrected chi connectivity index (χ0v) is 15.5. The van der Waals surface area contributed by atoms with Crippen LogP contribution in [0.25, 0.3) is 11.0 Å². The Labute approximate surface area is 151 Å². The molecule has 1 N–H and O–H groups in total. The van der Waals surface area contributed by atoms with Crippen LogP contribution in [0.4, 0.5) is 4.79 Å². The normalized spacial score (nSPS) is 12.5. The number of ether oxygens (including phenoxy) is 2. The minimum atomic E-state index is -0.856. The molecule has 0 aliphatic carbocycles. The summed E-state index contributed by atoms with van der Waals surface area (Å²) < 4.78 is 15.6. The van der Waals surface area contributed by atoms with E-state index in [9.17, 15) is 14.4 Å². The van der Waals surface area contributed by atoms with Gasteiger partial charge in [0.25, 0.3) is 0 Å². The molecule has 1 heterocycles. The first-order valence-electron chi connectivity index (χ1n) is 8.35. The zero-order valence-electron chi connectivity index (χ0n) is 15.5. The van der Waals surface area contributed by atoms with Gasteiger partial charge in [-0.2, -0.15) is 0 Å². The van der Waals surface area contributed by atoms with Crippen LogP contribution >= 0.6 is 0 Å². The molecule has 7 heteroatoms. The molecule has 0 bridgehead atoms. The van der Waals surface area contributed by atoms with Gasteiger partial charge in [0, 0.05) is 17.5 Å². The second kappa shape index (κ2) is 7.59. The smallest absolute Gasteiger partial charge is 0.408 e. The van der Waals surface area contributed by atoms with Crippen molar-refractivity contribution in [3.8, 4) is 5.75 Å². The SMILES string of the molecule is CC[C@@H](NC(=O)OC(C)(C)C)C(=O)Oc1ccc2c(C)cc(=O)oc2c1. The number of carbonyl (C=O) groups is 2. The molecule has 140 valence electrons. The molecule has 0 spiro atoms. The van der Waals surface area contributed by atoms with Crippen LogP contribution in [-0.4, -0.2) is 23.7 Å². The number of aryl methyl sites for hydroxylation is 1. The largest absolute Gasteiger partial charge is 0.444 e. The summed E-state index contributed by atoms with van der Waals surface area (Å²) in [7, 11) is 0. The molecule has 1 atom stereocenters. The quantitative estimate of drug-likeness (QED) is 0.510. The lowest BCUT2D eigenvalue weighted by Crippen LogP contribution is -2.44. The predicted molar refractivity (Wildman–Crippen MR) is 96.3 cm³/mol. The van der Waals surface area contributed by atoms with Gasteiger partial charge in [-0.25, -0.2) is 14.4 Å². The molecule has 0 aliphatic heterocycles. The molecule has 0 aliphatic rings.